The molecule has 2 heterocycles. The average Bonchev–Trinajstić information content (AvgIpc) is 3.00. The number of amides is 1. The van der Waals surface area contributed by atoms with E-state index in [1.54, 1.807) is 28.8 Å². The van der Waals surface area contributed by atoms with Gasteiger partial charge >= 0.3 is 0 Å². The second-order valence-corrected chi connectivity index (χ2v) is 6.32. The number of fused-ring (bicyclic) bond motifs is 3. The van der Waals surface area contributed by atoms with Crippen molar-refractivity contribution >= 4 is 22.5 Å². The molecule has 24 heavy (non-hydrogen) atoms. The number of benzene rings is 1. The zero-order valence-electron chi connectivity index (χ0n) is 13.8. The molecule has 1 N–H and O–H groups in total. The van der Waals surface area contributed by atoms with Crippen molar-refractivity contribution in [1.29, 1.82) is 0 Å². The lowest BCUT2D eigenvalue weighted by atomic mass is 10.1. The van der Waals surface area contributed by atoms with Gasteiger partial charge in [0.15, 0.2) is 0 Å². The zero-order valence-corrected chi connectivity index (χ0v) is 13.8. The van der Waals surface area contributed by atoms with Gasteiger partial charge in [-0.1, -0.05) is 13.8 Å². The highest BCUT2D eigenvalue weighted by atomic mass is 19.1. The molecular formula is C18H20FN3O2. The quantitative estimate of drug-likeness (QED) is 0.782. The maximum atomic E-state index is 13.7. The van der Waals surface area contributed by atoms with Crippen LogP contribution < -0.4 is 10.9 Å². The zero-order chi connectivity index (χ0) is 17.3. The largest absolute Gasteiger partial charge is 0.355 e. The molecule has 0 spiro atoms. The van der Waals surface area contributed by atoms with Crippen LogP contribution in [0.25, 0.3) is 16.6 Å². The highest BCUT2D eigenvalue weighted by Crippen LogP contribution is 2.16. The highest BCUT2D eigenvalue weighted by molar-refractivity contribution is 5.82. The summed E-state index contributed by atoms with van der Waals surface area (Å²) >= 11 is 0. The van der Waals surface area contributed by atoms with Crippen LogP contribution in [0.2, 0.25) is 0 Å². The van der Waals surface area contributed by atoms with Crippen molar-refractivity contribution in [3.05, 3.63) is 52.7 Å². The Morgan fingerprint density at radius 3 is 2.75 bits per heavy atom. The van der Waals surface area contributed by atoms with Gasteiger partial charge in [-0.2, -0.15) is 0 Å². The van der Waals surface area contributed by atoms with E-state index in [0.717, 1.165) is 6.42 Å². The van der Waals surface area contributed by atoms with Crippen LogP contribution in [0.5, 0.6) is 0 Å². The molecule has 2 aromatic heterocycles. The van der Waals surface area contributed by atoms with Gasteiger partial charge in [-0.3, -0.25) is 14.2 Å². The monoisotopic (exact) mass is 329 g/mol. The van der Waals surface area contributed by atoms with Crippen molar-refractivity contribution in [3.63, 3.8) is 0 Å². The molecule has 6 heteroatoms. The van der Waals surface area contributed by atoms with Crippen LogP contribution in [0.1, 0.15) is 20.3 Å². The third kappa shape index (κ3) is 3.04. The Hall–Kier alpha value is -2.63. The van der Waals surface area contributed by atoms with Crippen LogP contribution >= 0.6 is 0 Å². The normalized spacial score (nSPS) is 11.5. The molecule has 0 unspecified atom stereocenters. The minimum Gasteiger partial charge on any atom is -0.355 e. The summed E-state index contributed by atoms with van der Waals surface area (Å²) in [7, 11) is 0. The number of hydrogen-bond donors (Lipinski definition) is 1. The van der Waals surface area contributed by atoms with Crippen molar-refractivity contribution in [3.8, 4) is 0 Å². The number of halogens is 1. The van der Waals surface area contributed by atoms with Crippen LogP contribution in [0, 0.1) is 11.7 Å². The molecule has 0 radical (unpaired) electrons. The molecule has 1 amide bonds. The van der Waals surface area contributed by atoms with Crippen LogP contribution in [0.3, 0.4) is 0 Å². The lowest BCUT2D eigenvalue weighted by Crippen LogP contribution is -2.34. The van der Waals surface area contributed by atoms with E-state index in [1.165, 1.54) is 16.7 Å². The molecule has 3 aromatic rings. The van der Waals surface area contributed by atoms with Crippen molar-refractivity contribution in [2.24, 2.45) is 5.92 Å². The van der Waals surface area contributed by atoms with Gasteiger partial charge in [0, 0.05) is 12.7 Å². The fraction of sp³-hybridized carbons (Fsp3) is 0.333. The smallest absolute Gasteiger partial charge is 0.275 e. The molecule has 0 aliphatic rings. The molecule has 0 atom stereocenters. The highest BCUT2D eigenvalue weighted by Gasteiger charge is 2.13. The predicted molar refractivity (Wildman–Crippen MR) is 91.6 cm³/mol. The van der Waals surface area contributed by atoms with Gasteiger partial charge in [0.2, 0.25) is 5.91 Å². The first kappa shape index (κ1) is 16.2. The van der Waals surface area contributed by atoms with E-state index in [-0.39, 0.29) is 18.0 Å². The van der Waals surface area contributed by atoms with E-state index >= 15 is 0 Å². The van der Waals surface area contributed by atoms with Crippen molar-refractivity contribution in [2.45, 2.75) is 26.8 Å². The Morgan fingerprint density at radius 2 is 2.00 bits per heavy atom. The Labute approximate surface area is 138 Å². The summed E-state index contributed by atoms with van der Waals surface area (Å²) in [5.74, 6) is -0.207. The number of aromatic nitrogens is 2. The number of nitrogens with one attached hydrogen (secondary N) is 1. The maximum absolute atomic E-state index is 13.7. The number of rotatable bonds is 5. The van der Waals surface area contributed by atoms with Crippen molar-refractivity contribution in [1.82, 2.24) is 14.3 Å². The van der Waals surface area contributed by atoms with Gasteiger partial charge < -0.3 is 9.72 Å². The number of carbonyl (C=O) groups is 1. The summed E-state index contributed by atoms with van der Waals surface area (Å²) in [6, 6.07) is 7.70. The Bertz CT molecular complexity index is 956. The number of carbonyl (C=O) groups excluding carboxylic acids is 1. The van der Waals surface area contributed by atoms with E-state index in [2.05, 4.69) is 19.2 Å². The van der Waals surface area contributed by atoms with Crippen molar-refractivity contribution < 1.29 is 9.18 Å². The van der Waals surface area contributed by atoms with E-state index in [9.17, 15) is 14.0 Å². The van der Waals surface area contributed by atoms with Crippen LogP contribution in [0.15, 0.2) is 41.3 Å². The van der Waals surface area contributed by atoms with Crippen LogP contribution in [-0.4, -0.2) is 21.4 Å². The van der Waals surface area contributed by atoms with Gasteiger partial charge in [0.1, 0.15) is 17.9 Å². The third-order valence-corrected chi connectivity index (χ3v) is 4.05. The second kappa shape index (κ2) is 6.47. The summed E-state index contributed by atoms with van der Waals surface area (Å²) in [6.45, 7) is 4.59. The first-order valence-corrected chi connectivity index (χ1v) is 8.03. The Kier molecular flexibility index (Phi) is 4.38. The molecule has 0 aliphatic carbocycles. The van der Waals surface area contributed by atoms with E-state index in [0.29, 0.717) is 29.0 Å². The predicted octanol–water partition coefficient (Wildman–Crippen LogP) is 2.56. The fourth-order valence-corrected chi connectivity index (χ4v) is 2.79. The summed E-state index contributed by atoms with van der Waals surface area (Å²) in [5, 5.41) is 2.81. The molecule has 0 aliphatic heterocycles. The van der Waals surface area contributed by atoms with Gasteiger partial charge in [-0.05, 0) is 42.7 Å². The SMILES string of the molecule is CC(C)CCNC(=O)Cn1c(=O)c2cccn2c2ccc(F)cc21. The lowest BCUT2D eigenvalue weighted by Gasteiger charge is -2.13. The maximum Gasteiger partial charge on any atom is 0.275 e. The minimum atomic E-state index is -0.442. The first-order valence-electron chi connectivity index (χ1n) is 8.03. The van der Waals surface area contributed by atoms with E-state index in [1.807, 2.05) is 0 Å². The molecule has 0 fully saturated rings. The summed E-state index contributed by atoms with van der Waals surface area (Å²) < 4.78 is 16.7. The molecule has 3 rings (SSSR count). The lowest BCUT2D eigenvalue weighted by molar-refractivity contribution is -0.121. The number of hydrogen-bond acceptors (Lipinski definition) is 2. The summed E-state index contributed by atoms with van der Waals surface area (Å²) in [5.41, 5.74) is 1.25. The number of nitrogens with zero attached hydrogens (tertiary/aromatic N) is 2. The molecule has 0 bridgehead atoms. The molecule has 5 nitrogen and oxygen atoms in total. The fourth-order valence-electron chi connectivity index (χ4n) is 2.79. The van der Waals surface area contributed by atoms with Gasteiger partial charge in [-0.25, -0.2) is 4.39 Å². The third-order valence-electron chi connectivity index (χ3n) is 4.05. The van der Waals surface area contributed by atoms with E-state index in [4.69, 9.17) is 0 Å². The molecule has 0 saturated carbocycles. The minimum absolute atomic E-state index is 0.126. The molecular weight excluding hydrogens is 309 g/mol. The summed E-state index contributed by atoms with van der Waals surface area (Å²) in [6.07, 6.45) is 2.62. The Balaban J connectivity index is 2.02. The molecule has 1 aromatic carbocycles. The first-order chi connectivity index (χ1) is 11.5. The van der Waals surface area contributed by atoms with Gasteiger partial charge in [-0.15, -0.1) is 0 Å². The van der Waals surface area contributed by atoms with E-state index < -0.39 is 5.82 Å². The standard InChI is InChI=1S/C18H20FN3O2/c1-12(2)7-8-20-17(23)11-22-16-10-13(19)5-6-14(16)21-9-3-4-15(21)18(22)24/h3-6,9-10,12H,7-8,11H2,1-2H3,(H,20,23). The molecule has 126 valence electrons. The molecule has 0 saturated heterocycles. The topological polar surface area (TPSA) is 55.5 Å². The average molecular weight is 329 g/mol. The van der Waals surface area contributed by atoms with Crippen LogP contribution in [0.4, 0.5) is 4.39 Å². The van der Waals surface area contributed by atoms with Crippen LogP contribution in [-0.2, 0) is 11.3 Å². The van der Waals surface area contributed by atoms with Gasteiger partial charge in [0.05, 0.1) is 11.0 Å². The Morgan fingerprint density at radius 1 is 1.21 bits per heavy atom. The second-order valence-electron chi connectivity index (χ2n) is 6.32. The van der Waals surface area contributed by atoms with Gasteiger partial charge in [0.25, 0.3) is 5.56 Å². The van der Waals surface area contributed by atoms with Crippen molar-refractivity contribution in [2.75, 3.05) is 6.54 Å². The summed E-state index contributed by atoms with van der Waals surface area (Å²) in [4.78, 5) is 24.8.